The molecule has 2 aromatic rings. The highest BCUT2D eigenvalue weighted by molar-refractivity contribution is 6.00. The van der Waals surface area contributed by atoms with Crippen molar-refractivity contribution in [2.75, 3.05) is 29.9 Å². The van der Waals surface area contributed by atoms with Gasteiger partial charge in [-0.05, 0) is 55.7 Å². The van der Waals surface area contributed by atoms with Gasteiger partial charge in [0.25, 0.3) is 5.91 Å². The van der Waals surface area contributed by atoms with Gasteiger partial charge in [0, 0.05) is 30.0 Å². The van der Waals surface area contributed by atoms with Crippen LogP contribution >= 0.6 is 0 Å². The Kier molecular flexibility index (Phi) is 5.33. The number of hydrogen-bond donors (Lipinski definition) is 2. The third-order valence-corrected chi connectivity index (χ3v) is 4.42. The highest BCUT2D eigenvalue weighted by Crippen LogP contribution is 2.21. The summed E-state index contributed by atoms with van der Waals surface area (Å²) in [6.07, 6.45) is 2.47. The van der Waals surface area contributed by atoms with Crippen molar-refractivity contribution in [3.8, 4) is 0 Å². The number of benzene rings is 2. The van der Waals surface area contributed by atoms with Crippen molar-refractivity contribution in [1.29, 1.82) is 0 Å². The number of nitrogens with zero attached hydrogens (tertiary/aromatic N) is 1. The molecule has 0 aliphatic carbocycles. The molecule has 1 fully saturated rings. The van der Waals surface area contributed by atoms with Crippen LogP contribution in [-0.2, 0) is 4.79 Å². The molecule has 0 bridgehead atoms. The van der Waals surface area contributed by atoms with Gasteiger partial charge in [0.1, 0.15) is 0 Å². The van der Waals surface area contributed by atoms with Crippen LogP contribution in [0.25, 0.3) is 0 Å². The first kappa shape index (κ1) is 17.0. The Balaban J connectivity index is 1.50. The number of hydrogen-bond acceptors (Lipinski definition) is 3. The van der Waals surface area contributed by atoms with Gasteiger partial charge < -0.3 is 15.5 Å². The fraction of sp³-hybridized carbons (Fsp3) is 0.300. The number of aryl methyl sites for hydroxylation is 1. The number of nitrogens with one attached hydrogen (secondary N) is 2. The van der Waals surface area contributed by atoms with Crippen LogP contribution in [-0.4, -0.2) is 31.4 Å². The number of amides is 2. The highest BCUT2D eigenvalue weighted by Gasteiger charge is 2.13. The fourth-order valence-corrected chi connectivity index (χ4v) is 3.02. The third-order valence-electron chi connectivity index (χ3n) is 4.42. The Hall–Kier alpha value is -2.82. The van der Waals surface area contributed by atoms with Crippen molar-refractivity contribution < 1.29 is 9.59 Å². The molecule has 0 radical (unpaired) electrons. The molecule has 1 aliphatic heterocycles. The van der Waals surface area contributed by atoms with Crippen molar-refractivity contribution in [2.45, 2.75) is 19.8 Å². The van der Waals surface area contributed by atoms with Crippen LogP contribution in [0.2, 0.25) is 0 Å². The Bertz CT molecular complexity index is 750. The molecule has 1 saturated heterocycles. The van der Waals surface area contributed by atoms with E-state index >= 15 is 0 Å². The van der Waals surface area contributed by atoms with E-state index in [4.69, 9.17) is 0 Å². The first-order valence-corrected chi connectivity index (χ1v) is 8.62. The quantitative estimate of drug-likeness (QED) is 0.882. The van der Waals surface area contributed by atoms with Crippen LogP contribution in [0.5, 0.6) is 0 Å². The van der Waals surface area contributed by atoms with Crippen LogP contribution in [0.1, 0.15) is 28.8 Å². The summed E-state index contributed by atoms with van der Waals surface area (Å²) in [4.78, 5) is 26.5. The maximum Gasteiger partial charge on any atom is 0.251 e. The topological polar surface area (TPSA) is 61.4 Å². The number of carbonyl (C=O) groups excluding carboxylic acids is 2. The standard InChI is InChI=1S/C20H23N3O2/c1-15-6-2-3-7-18(15)20(25)21-14-19(24)22-16-8-10-17(11-9-16)23-12-4-5-13-23/h2-3,6-11H,4-5,12-14H2,1H3,(H,21,25)(H,22,24). The van der Waals surface area contributed by atoms with Crippen molar-refractivity contribution in [1.82, 2.24) is 5.32 Å². The summed E-state index contributed by atoms with van der Waals surface area (Å²) in [5, 5.41) is 5.47. The second-order valence-electron chi connectivity index (χ2n) is 6.29. The number of anilines is 2. The molecule has 0 saturated carbocycles. The fourth-order valence-electron chi connectivity index (χ4n) is 3.02. The molecule has 2 amide bonds. The van der Waals surface area contributed by atoms with Crippen molar-refractivity contribution >= 4 is 23.2 Å². The summed E-state index contributed by atoms with van der Waals surface area (Å²) >= 11 is 0. The molecule has 1 heterocycles. The minimum Gasteiger partial charge on any atom is -0.372 e. The van der Waals surface area contributed by atoms with E-state index in [1.54, 1.807) is 6.07 Å². The Morgan fingerprint density at radius 1 is 1.00 bits per heavy atom. The van der Waals surface area contributed by atoms with Crippen molar-refractivity contribution in [3.63, 3.8) is 0 Å². The molecule has 0 unspecified atom stereocenters. The van der Waals surface area contributed by atoms with Crippen molar-refractivity contribution in [2.24, 2.45) is 0 Å². The number of rotatable bonds is 5. The van der Waals surface area contributed by atoms with E-state index in [-0.39, 0.29) is 18.4 Å². The summed E-state index contributed by atoms with van der Waals surface area (Å²) in [5.41, 5.74) is 3.39. The van der Waals surface area contributed by atoms with E-state index in [2.05, 4.69) is 15.5 Å². The summed E-state index contributed by atoms with van der Waals surface area (Å²) in [7, 11) is 0. The van der Waals surface area contributed by atoms with E-state index < -0.39 is 0 Å². The van der Waals surface area contributed by atoms with E-state index in [1.165, 1.54) is 18.5 Å². The monoisotopic (exact) mass is 337 g/mol. The lowest BCUT2D eigenvalue weighted by Gasteiger charge is -2.17. The molecule has 2 N–H and O–H groups in total. The van der Waals surface area contributed by atoms with Crippen LogP contribution in [0.15, 0.2) is 48.5 Å². The predicted octanol–water partition coefficient (Wildman–Crippen LogP) is 2.96. The Morgan fingerprint density at radius 3 is 2.36 bits per heavy atom. The zero-order chi connectivity index (χ0) is 17.6. The molecule has 130 valence electrons. The van der Waals surface area contributed by atoms with Crippen LogP contribution in [0.3, 0.4) is 0 Å². The molecule has 0 atom stereocenters. The molecule has 5 nitrogen and oxygen atoms in total. The maximum absolute atomic E-state index is 12.1. The lowest BCUT2D eigenvalue weighted by Crippen LogP contribution is -2.33. The lowest BCUT2D eigenvalue weighted by molar-refractivity contribution is -0.115. The van der Waals surface area contributed by atoms with E-state index in [9.17, 15) is 9.59 Å². The summed E-state index contributed by atoms with van der Waals surface area (Å²) in [6, 6.07) is 15.1. The minimum absolute atomic E-state index is 0.0545. The van der Waals surface area contributed by atoms with Gasteiger partial charge >= 0.3 is 0 Å². The van der Waals surface area contributed by atoms with Gasteiger partial charge in [-0.25, -0.2) is 0 Å². The predicted molar refractivity (Wildman–Crippen MR) is 100 cm³/mol. The summed E-state index contributed by atoms with van der Waals surface area (Å²) in [6.45, 7) is 4.01. The summed E-state index contributed by atoms with van der Waals surface area (Å²) < 4.78 is 0. The second-order valence-corrected chi connectivity index (χ2v) is 6.29. The molecular formula is C20H23N3O2. The first-order chi connectivity index (χ1) is 12.1. The Morgan fingerprint density at radius 2 is 1.68 bits per heavy atom. The summed E-state index contributed by atoms with van der Waals surface area (Å²) in [5.74, 6) is -0.478. The zero-order valence-corrected chi connectivity index (χ0v) is 14.4. The van der Waals surface area contributed by atoms with Gasteiger partial charge in [-0.2, -0.15) is 0 Å². The largest absolute Gasteiger partial charge is 0.372 e. The highest BCUT2D eigenvalue weighted by atomic mass is 16.2. The van der Waals surface area contributed by atoms with Gasteiger partial charge in [0.15, 0.2) is 0 Å². The smallest absolute Gasteiger partial charge is 0.251 e. The number of carbonyl (C=O) groups is 2. The van der Waals surface area contributed by atoms with Gasteiger partial charge in [-0.1, -0.05) is 18.2 Å². The van der Waals surface area contributed by atoms with E-state index in [0.29, 0.717) is 5.56 Å². The first-order valence-electron chi connectivity index (χ1n) is 8.62. The lowest BCUT2D eigenvalue weighted by atomic mass is 10.1. The average Bonchev–Trinajstić information content (AvgIpc) is 3.15. The van der Waals surface area contributed by atoms with Gasteiger partial charge in [-0.15, -0.1) is 0 Å². The molecule has 2 aromatic carbocycles. The second kappa shape index (κ2) is 7.83. The van der Waals surface area contributed by atoms with Gasteiger partial charge in [0.2, 0.25) is 5.91 Å². The Labute approximate surface area is 148 Å². The van der Waals surface area contributed by atoms with Crippen LogP contribution < -0.4 is 15.5 Å². The zero-order valence-electron chi connectivity index (χ0n) is 14.4. The van der Waals surface area contributed by atoms with Gasteiger partial charge in [-0.3, -0.25) is 9.59 Å². The third kappa shape index (κ3) is 4.38. The molecule has 3 rings (SSSR count). The minimum atomic E-state index is -0.240. The normalized spacial score (nSPS) is 13.6. The molecule has 0 spiro atoms. The van der Waals surface area contributed by atoms with E-state index in [0.717, 1.165) is 24.3 Å². The SMILES string of the molecule is Cc1ccccc1C(=O)NCC(=O)Nc1ccc(N2CCCC2)cc1. The molecule has 1 aliphatic rings. The van der Waals surface area contributed by atoms with E-state index in [1.807, 2.05) is 49.4 Å². The molecular weight excluding hydrogens is 314 g/mol. The molecule has 0 aromatic heterocycles. The average molecular weight is 337 g/mol. The maximum atomic E-state index is 12.1. The molecule has 25 heavy (non-hydrogen) atoms. The van der Waals surface area contributed by atoms with Crippen LogP contribution in [0.4, 0.5) is 11.4 Å². The van der Waals surface area contributed by atoms with Crippen LogP contribution in [0, 0.1) is 6.92 Å². The van der Waals surface area contributed by atoms with Gasteiger partial charge in [0.05, 0.1) is 6.54 Å². The van der Waals surface area contributed by atoms with Crippen molar-refractivity contribution in [3.05, 3.63) is 59.7 Å². The molecule has 5 heteroatoms.